The Morgan fingerprint density at radius 1 is 0.885 bits per heavy atom. The summed E-state index contributed by atoms with van der Waals surface area (Å²) in [5, 5.41) is 0.419. The molecule has 0 aliphatic heterocycles. The SMILES string of the molecule is CN(C(=O)c1ccco1)C(=O)c1ccccc1C([Si](C)(C)C)[Si](C)(C)C. The van der Waals surface area contributed by atoms with Crippen LogP contribution in [0.3, 0.4) is 0 Å². The van der Waals surface area contributed by atoms with E-state index in [-0.39, 0.29) is 11.7 Å². The van der Waals surface area contributed by atoms with E-state index >= 15 is 0 Å². The number of furan rings is 1. The van der Waals surface area contributed by atoms with Crippen LogP contribution in [0.2, 0.25) is 39.3 Å². The second-order valence-electron chi connectivity index (χ2n) is 8.90. The summed E-state index contributed by atoms with van der Waals surface area (Å²) in [7, 11) is -1.62. The summed E-state index contributed by atoms with van der Waals surface area (Å²) in [6.07, 6.45) is 1.44. The van der Waals surface area contributed by atoms with E-state index in [0.717, 1.165) is 10.5 Å². The van der Waals surface area contributed by atoms with Crippen molar-refractivity contribution >= 4 is 28.0 Å². The summed E-state index contributed by atoms with van der Waals surface area (Å²) in [5.41, 5.74) is 1.72. The molecule has 2 aromatic rings. The smallest absolute Gasteiger partial charge is 0.296 e. The zero-order valence-electron chi connectivity index (χ0n) is 16.8. The number of hydrogen-bond donors (Lipinski definition) is 0. The highest BCUT2D eigenvalue weighted by Crippen LogP contribution is 2.37. The molecule has 4 nitrogen and oxygen atoms in total. The fraction of sp³-hybridized carbons (Fsp3) is 0.400. The lowest BCUT2D eigenvalue weighted by molar-refractivity contribution is 0.0636. The average Bonchev–Trinajstić information content (AvgIpc) is 3.05. The average molecular weight is 388 g/mol. The third kappa shape index (κ3) is 4.24. The molecule has 0 spiro atoms. The van der Waals surface area contributed by atoms with Crippen LogP contribution in [0.25, 0.3) is 0 Å². The van der Waals surface area contributed by atoms with E-state index in [2.05, 4.69) is 45.3 Å². The molecule has 1 heterocycles. The Balaban J connectivity index is 2.48. The van der Waals surface area contributed by atoms with Gasteiger partial charge >= 0.3 is 0 Å². The Bertz CT molecular complexity index is 772. The lowest BCUT2D eigenvalue weighted by atomic mass is 10.1. The van der Waals surface area contributed by atoms with E-state index in [9.17, 15) is 9.59 Å². The predicted octanol–water partition coefficient (Wildman–Crippen LogP) is 5.03. The van der Waals surface area contributed by atoms with Crippen molar-refractivity contribution in [2.24, 2.45) is 0 Å². The van der Waals surface area contributed by atoms with Gasteiger partial charge in [-0.25, -0.2) is 0 Å². The van der Waals surface area contributed by atoms with Gasteiger partial charge in [-0.15, -0.1) is 0 Å². The van der Waals surface area contributed by atoms with E-state index < -0.39 is 22.1 Å². The van der Waals surface area contributed by atoms with Crippen molar-refractivity contribution in [1.82, 2.24) is 4.90 Å². The second kappa shape index (κ2) is 7.36. The minimum absolute atomic E-state index is 0.172. The second-order valence-corrected chi connectivity index (χ2v) is 20.1. The van der Waals surface area contributed by atoms with Gasteiger partial charge in [-0.1, -0.05) is 57.5 Å². The van der Waals surface area contributed by atoms with Gasteiger partial charge in [-0.05, 0) is 28.9 Å². The highest BCUT2D eigenvalue weighted by molar-refractivity contribution is 6.96. The minimum Gasteiger partial charge on any atom is -0.459 e. The Morgan fingerprint density at radius 2 is 1.46 bits per heavy atom. The highest BCUT2D eigenvalue weighted by atomic mass is 28.4. The van der Waals surface area contributed by atoms with Crippen molar-refractivity contribution < 1.29 is 14.0 Å². The lowest BCUT2D eigenvalue weighted by Crippen LogP contribution is -2.47. The van der Waals surface area contributed by atoms with Crippen LogP contribution < -0.4 is 0 Å². The molecule has 0 bridgehead atoms. The molecule has 26 heavy (non-hydrogen) atoms. The Hall–Kier alpha value is -1.93. The molecule has 0 aliphatic carbocycles. The standard InChI is InChI=1S/C20H29NO3Si2/c1-21(19(23)17-13-10-14-24-17)18(22)15-11-8-9-12-16(15)20(25(2,3)4)26(5,6)7/h8-14,20H,1-7H3. The van der Waals surface area contributed by atoms with Crippen LogP contribution in [-0.4, -0.2) is 39.9 Å². The molecule has 0 aliphatic rings. The van der Waals surface area contributed by atoms with Crippen LogP contribution in [0.15, 0.2) is 47.1 Å². The van der Waals surface area contributed by atoms with E-state index in [1.807, 2.05) is 18.2 Å². The summed E-state index contributed by atoms with van der Waals surface area (Å²) in [6, 6.07) is 11.0. The van der Waals surface area contributed by atoms with Gasteiger partial charge in [0.25, 0.3) is 11.8 Å². The third-order valence-electron chi connectivity index (χ3n) is 4.58. The van der Waals surface area contributed by atoms with Crippen LogP contribution in [0.5, 0.6) is 0 Å². The van der Waals surface area contributed by atoms with Crippen molar-refractivity contribution in [1.29, 1.82) is 0 Å². The summed E-state index contributed by atoms with van der Waals surface area (Å²) in [5.74, 6) is -0.527. The molecule has 2 rings (SSSR count). The third-order valence-corrected chi connectivity index (χ3v) is 13.9. The quantitative estimate of drug-likeness (QED) is 0.534. The molecule has 0 unspecified atom stereocenters. The number of nitrogens with zero attached hydrogens (tertiary/aromatic N) is 1. The first-order valence-electron chi connectivity index (χ1n) is 8.89. The first kappa shape index (κ1) is 20.4. The molecule has 1 aromatic carbocycles. The molecule has 6 heteroatoms. The predicted molar refractivity (Wildman–Crippen MR) is 111 cm³/mol. The van der Waals surface area contributed by atoms with Crippen molar-refractivity contribution in [3.8, 4) is 0 Å². The van der Waals surface area contributed by atoms with E-state index in [1.54, 1.807) is 12.1 Å². The Labute approximate surface area is 158 Å². The number of carbonyl (C=O) groups excluding carboxylic acids is 2. The van der Waals surface area contributed by atoms with Gasteiger partial charge < -0.3 is 4.42 Å². The summed E-state index contributed by atoms with van der Waals surface area (Å²) >= 11 is 0. The summed E-state index contributed by atoms with van der Waals surface area (Å²) in [6.45, 7) is 14.1. The molecular weight excluding hydrogens is 358 g/mol. The maximum Gasteiger partial charge on any atom is 0.296 e. The molecule has 2 amide bonds. The maximum absolute atomic E-state index is 13.2. The van der Waals surface area contributed by atoms with Crippen molar-refractivity contribution in [2.75, 3.05) is 7.05 Å². The Morgan fingerprint density at radius 3 is 1.96 bits per heavy atom. The molecule has 0 saturated heterocycles. The fourth-order valence-electron chi connectivity index (χ4n) is 4.01. The summed E-state index contributed by atoms with van der Waals surface area (Å²) < 4.78 is 5.16. The van der Waals surface area contributed by atoms with E-state index in [4.69, 9.17) is 4.42 Å². The van der Waals surface area contributed by atoms with Crippen LogP contribution in [0.1, 0.15) is 31.6 Å². The number of imide groups is 1. The lowest BCUT2D eigenvalue weighted by Gasteiger charge is -2.39. The fourth-order valence-corrected chi connectivity index (χ4v) is 16.8. The Kier molecular flexibility index (Phi) is 5.77. The number of benzene rings is 1. The van der Waals surface area contributed by atoms with Gasteiger partial charge in [0.15, 0.2) is 5.76 Å². The molecule has 0 N–H and O–H groups in total. The van der Waals surface area contributed by atoms with Gasteiger partial charge in [-0.3, -0.25) is 14.5 Å². The highest BCUT2D eigenvalue weighted by Gasteiger charge is 2.40. The van der Waals surface area contributed by atoms with Gasteiger partial charge in [0.2, 0.25) is 0 Å². The molecule has 0 radical (unpaired) electrons. The maximum atomic E-state index is 13.2. The van der Waals surface area contributed by atoms with Gasteiger partial charge in [0.05, 0.1) is 6.26 Å². The number of hydrogen-bond acceptors (Lipinski definition) is 3. The van der Waals surface area contributed by atoms with Gasteiger partial charge in [0, 0.05) is 28.8 Å². The minimum atomic E-state index is -1.57. The van der Waals surface area contributed by atoms with Crippen LogP contribution >= 0.6 is 0 Å². The number of rotatable bonds is 5. The molecule has 0 fully saturated rings. The topological polar surface area (TPSA) is 50.5 Å². The van der Waals surface area contributed by atoms with Crippen LogP contribution in [0.4, 0.5) is 0 Å². The van der Waals surface area contributed by atoms with Gasteiger partial charge in [0.1, 0.15) is 0 Å². The molecular formula is C20H29NO3Si2. The van der Waals surface area contributed by atoms with Crippen LogP contribution in [0, 0.1) is 0 Å². The van der Waals surface area contributed by atoms with Crippen LogP contribution in [-0.2, 0) is 0 Å². The number of carbonyl (C=O) groups is 2. The normalized spacial score (nSPS) is 12.3. The summed E-state index contributed by atoms with van der Waals surface area (Å²) in [4.78, 5) is 26.8. The first-order chi connectivity index (χ1) is 11.9. The van der Waals surface area contributed by atoms with E-state index in [1.165, 1.54) is 13.3 Å². The number of amides is 2. The molecule has 0 atom stereocenters. The first-order valence-corrected chi connectivity index (χ1v) is 16.0. The van der Waals surface area contributed by atoms with Crippen molar-refractivity contribution in [3.63, 3.8) is 0 Å². The van der Waals surface area contributed by atoms with Gasteiger partial charge in [-0.2, -0.15) is 0 Å². The largest absolute Gasteiger partial charge is 0.459 e. The zero-order valence-corrected chi connectivity index (χ0v) is 18.8. The molecule has 140 valence electrons. The zero-order chi connectivity index (χ0) is 19.7. The van der Waals surface area contributed by atoms with E-state index in [0.29, 0.717) is 10.7 Å². The van der Waals surface area contributed by atoms with Crippen molar-refractivity contribution in [3.05, 3.63) is 59.5 Å². The monoisotopic (exact) mass is 387 g/mol. The van der Waals surface area contributed by atoms with Crippen molar-refractivity contribution in [2.45, 2.75) is 44.4 Å². The molecule has 0 saturated carbocycles. The molecule has 1 aromatic heterocycles.